The quantitative estimate of drug-likeness (QED) is 0.918. The van der Waals surface area contributed by atoms with Crippen molar-refractivity contribution in [2.45, 2.75) is 26.4 Å². The van der Waals surface area contributed by atoms with E-state index >= 15 is 0 Å². The highest BCUT2D eigenvalue weighted by Gasteiger charge is 2.17. The SMILES string of the molecule is CCN1CCN(CCc2ccc3c(c2)NCC(C)O3)CC1. The summed E-state index contributed by atoms with van der Waals surface area (Å²) >= 11 is 0. The van der Waals surface area contributed by atoms with E-state index in [0.717, 1.165) is 30.9 Å². The van der Waals surface area contributed by atoms with E-state index in [1.54, 1.807) is 0 Å². The summed E-state index contributed by atoms with van der Waals surface area (Å²) in [4.78, 5) is 5.11. The molecule has 0 spiro atoms. The van der Waals surface area contributed by atoms with Crippen LogP contribution in [-0.2, 0) is 6.42 Å². The van der Waals surface area contributed by atoms with Crippen LogP contribution in [0.5, 0.6) is 5.75 Å². The molecule has 1 saturated heterocycles. The third-order valence-electron chi connectivity index (χ3n) is 4.58. The van der Waals surface area contributed by atoms with E-state index in [9.17, 15) is 0 Å². The molecule has 0 aliphatic carbocycles. The van der Waals surface area contributed by atoms with Gasteiger partial charge in [-0.05, 0) is 37.6 Å². The number of anilines is 1. The van der Waals surface area contributed by atoms with Crippen LogP contribution >= 0.6 is 0 Å². The molecule has 4 nitrogen and oxygen atoms in total. The summed E-state index contributed by atoms with van der Waals surface area (Å²) in [7, 11) is 0. The number of rotatable bonds is 4. The van der Waals surface area contributed by atoms with Gasteiger partial charge in [0.2, 0.25) is 0 Å². The van der Waals surface area contributed by atoms with Crippen molar-refractivity contribution in [3.8, 4) is 5.75 Å². The molecule has 0 bridgehead atoms. The number of hydrogen-bond donors (Lipinski definition) is 1. The Labute approximate surface area is 128 Å². The Bertz CT molecular complexity index is 469. The first-order valence-electron chi connectivity index (χ1n) is 8.23. The molecule has 2 heterocycles. The first kappa shape index (κ1) is 14.7. The van der Waals surface area contributed by atoms with Gasteiger partial charge in [-0.1, -0.05) is 13.0 Å². The van der Waals surface area contributed by atoms with Gasteiger partial charge in [0, 0.05) is 32.7 Å². The smallest absolute Gasteiger partial charge is 0.142 e. The van der Waals surface area contributed by atoms with Crippen molar-refractivity contribution in [2.75, 3.05) is 51.1 Å². The lowest BCUT2D eigenvalue weighted by atomic mass is 10.1. The molecule has 0 aromatic heterocycles. The summed E-state index contributed by atoms with van der Waals surface area (Å²) < 4.78 is 5.83. The highest BCUT2D eigenvalue weighted by Crippen LogP contribution is 2.30. The highest BCUT2D eigenvalue weighted by molar-refractivity contribution is 5.59. The molecular weight excluding hydrogens is 262 g/mol. The third-order valence-corrected chi connectivity index (χ3v) is 4.58. The largest absolute Gasteiger partial charge is 0.487 e. The normalized spacial score (nSPS) is 23.2. The number of benzene rings is 1. The van der Waals surface area contributed by atoms with Gasteiger partial charge in [0.1, 0.15) is 11.9 Å². The number of nitrogens with zero attached hydrogens (tertiary/aromatic N) is 2. The Balaban J connectivity index is 1.52. The van der Waals surface area contributed by atoms with E-state index in [0.29, 0.717) is 0 Å². The molecule has 0 saturated carbocycles. The molecule has 2 aliphatic heterocycles. The maximum Gasteiger partial charge on any atom is 0.142 e. The second-order valence-corrected chi connectivity index (χ2v) is 6.17. The molecule has 2 aliphatic rings. The maximum absolute atomic E-state index is 5.83. The fourth-order valence-corrected chi connectivity index (χ4v) is 3.10. The molecule has 0 amide bonds. The lowest BCUT2D eigenvalue weighted by Gasteiger charge is -2.34. The first-order valence-corrected chi connectivity index (χ1v) is 8.23. The van der Waals surface area contributed by atoms with Gasteiger partial charge in [-0.15, -0.1) is 0 Å². The van der Waals surface area contributed by atoms with Crippen LogP contribution in [0.4, 0.5) is 5.69 Å². The van der Waals surface area contributed by atoms with Crippen LogP contribution in [0.15, 0.2) is 18.2 Å². The molecule has 1 fully saturated rings. The molecular formula is C17H27N3O. The van der Waals surface area contributed by atoms with E-state index in [-0.39, 0.29) is 6.10 Å². The predicted octanol–water partition coefficient (Wildman–Crippen LogP) is 2.06. The second-order valence-electron chi connectivity index (χ2n) is 6.17. The van der Waals surface area contributed by atoms with Crippen molar-refractivity contribution < 1.29 is 4.74 Å². The monoisotopic (exact) mass is 289 g/mol. The van der Waals surface area contributed by atoms with Crippen LogP contribution in [-0.4, -0.2) is 61.7 Å². The van der Waals surface area contributed by atoms with Crippen LogP contribution in [0, 0.1) is 0 Å². The molecule has 1 aromatic rings. The Morgan fingerprint density at radius 1 is 1.19 bits per heavy atom. The summed E-state index contributed by atoms with van der Waals surface area (Å²) in [5, 5.41) is 3.46. The number of fused-ring (bicyclic) bond motifs is 1. The van der Waals surface area contributed by atoms with E-state index < -0.39 is 0 Å². The van der Waals surface area contributed by atoms with Crippen LogP contribution in [0.3, 0.4) is 0 Å². The number of likely N-dealkylation sites (N-methyl/N-ethyl adjacent to an activating group) is 1. The van der Waals surface area contributed by atoms with E-state index in [1.807, 2.05) is 0 Å². The number of nitrogens with one attached hydrogen (secondary N) is 1. The zero-order valence-electron chi connectivity index (χ0n) is 13.3. The fraction of sp³-hybridized carbons (Fsp3) is 0.647. The second kappa shape index (κ2) is 6.67. The predicted molar refractivity (Wildman–Crippen MR) is 87.3 cm³/mol. The summed E-state index contributed by atoms with van der Waals surface area (Å²) in [6, 6.07) is 6.58. The minimum Gasteiger partial charge on any atom is -0.487 e. The Morgan fingerprint density at radius 3 is 2.71 bits per heavy atom. The maximum atomic E-state index is 5.83. The first-order chi connectivity index (χ1) is 10.2. The Kier molecular flexibility index (Phi) is 4.66. The fourth-order valence-electron chi connectivity index (χ4n) is 3.10. The minimum absolute atomic E-state index is 0.262. The Hall–Kier alpha value is -1.26. The lowest BCUT2D eigenvalue weighted by Crippen LogP contribution is -2.46. The van der Waals surface area contributed by atoms with Gasteiger partial charge in [-0.2, -0.15) is 0 Å². The van der Waals surface area contributed by atoms with Crippen molar-refractivity contribution >= 4 is 5.69 Å². The van der Waals surface area contributed by atoms with E-state index in [4.69, 9.17) is 4.74 Å². The van der Waals surface area contributed by atoms with Crippen LogP contribution < -0.4 is 10.1 Å². The lowest BCUT2D eigenvalue weighted by molar-refractivity contribution is 0.138. The van der Waals surface area contributed by atoms with Gasteiger partial charge in [0.25, 0.3) is 0 Å². The van der Waals surface area contributed by atoms with Crippen molar-refractivity contribution in [3.63, 3.8) is 0 Å². The van der Waals surface area contributed by atoms with Crippen LogP contribution in [0.25, 0.3) is 0 Å². The van der Waals surface area contributed by atoms with Crippen molar-refractivity contribution in [1.82, 2.24) is 9.80 Å². The number of piperazine rings is 1. The topological polar surface area (TPSA) is 27.7 Å². The zero-order valence-corrected chi connectivity index (χ0v) is 13.3. The van der Waals surface area contributed by atoms with Gasteiger partial charge in [-0.3, -0.25) is 0 Å². The van der Waals surface area contributed by atoms with Crippen LogP contribution in [0.2, 0.25) is 0 Å². The average Bonchev–Trinajstić information content (AvgIpc) is 2.53. The number of hydrogen-bond acceptors (Lipinski definition) is 4. The summed E-state index contributed by atoms with van der Waals surface area (Å²) in [6.07, 6.45) is 1.38. The van der Waals surface area contributed by atoms with Gasteiger partial charge >= 0.3 is 0 Å². The van der Waals surface area contributed by atoms with Crippen molar-refractivity contribution in [3.05, 3.63) is 23.8 Å². The standard InChI is InChI=1S/C17H27N3O/c1-3-19-8-10-20(11-9-19)7-6-15-4-5-17-16(12-15)18-13-14(2)21-17/h4-5,12,14,18H,3,6-11,13H2,1-2H3. The molecule has 1 N–H and O–H groups in total. The van der Waals surface area contributed by atoms with Crippen molar-refractivity contribution in [2.24, 2.45) is 0 Å². The van der Waals surface area contributed by atoms with Gasteiger partial charge < -0.3 is 19.9 Å². The third kappa shape index (κ3) is 3.69. The molecule has 1 unspecified atom stereocenters. The van der Waals surface area contributed by atoms with Gasteiger partial charge in [0.05, 0.1) is 12.2 Å². The minimum atomic E-state index is 0.262. The molecule has 1 aromatic carbocycles. The Morgan fingerprint density at radius 2 is 1.95 bits per heavy atom. The molecule has 116 valence electrons. The highest BCUT2D eigenvalue weighted by atomic mass is 16.5. The average molecular weight is 289 g/mol. The van der Waals surface area contributed by atoms with Crippen molar-refractivity contribution in [1.29, 1.82) is 0 Å². The van der Waals surface area contributed by atoms with Crippen LogP contribution in [0.1, 0.15) is 19.4 Å². The number of ether oxygens (including phenoxy) is 1. The van der Waals surface area contributed by atoms with Gasteiger partial charge in [-0.25, -0.2) is 0 Å². The summed E-state index contributed by atoms with van der Waals surface area (Å²) in [6.45, 7) is 12.4. The zero-order chi connectivity index (χ0) is 14.7. The summed E-state index contributed by atoms with van der Waals surface area (Å²) in [5.41, 5.74) is 2.55. The molecule has 1 atom stereocenters. The molecule has 4 heteroatoms. The van der Waals surface area contributed by atoms with E-state index in [2.05, 4.69) is 47.2 Å². The molecule has 0 radical (unpaired) electrons. The molecule has 3 rings (SSSR count). The summed E-state index contributed by atoms with van der Waals surface area (Å²) in [5.74, 6) is 0.995. The van der Waals surface area contributed by atoms with Gasteiger partial charge in [0.15, 0.2) is 0 Å². The molecule has 21 heavy (non-hydrogen) atoms. The van der Waals surface area contributed by atoms with E-state index in [1.165, 1.54) is 38.3 Å².